The van der Waals surface area contributed by atoms with E-state index < -0.39 is 0 Å². The fraction of sp³-hybridized carbons (Fsp3) is 1.00. The largest absolute Gasteiger partial charge is 0.396 e. The van der Waals surface area contributed by atoms with E-state index in [2.05, 4.69) is 34.6 Å². The van der Waals surface area contributed by atoms with E-state index >= 15 is 0 Å². The summed E-state index contributed by atoms with van der Waals surface area (Å²) in [5.41, 5.74) is 0.376. The Hall–Kier alpha value is -0.0400. The molecule has 0 amide bonds. The van der Waals surface area contributed by atoms with Crippen molar-refractivity contribution in [1.82, 2.24) is 0 Å². The predicted octanol–water partition coefficient (Wildman–Crippen LogP) is 3.47. The molecule has 1 N–H and O–H groups in total. The highest BCUT2D eigenvalue weighted by atomic mass is 16.3. The third kappa shape index (κ3) is 5.30. The van der Waals surface area contributed by atoms with Crippen LogP contribution in [-0.4, -0.2) is 11.7 Å². The van der Waals surface area contributed by atoms with E-state index in [9.17, 15) is 5.11 Å². The maximum atomic E-state index is 9.17. The molecule has 80 valence electrons. The van der Waals surface area contributed by atoms with Gasteiger partial charge in [-0.25, -0.2) is 0 Å². The summed E-state index contributed by atoms with van der Waals surface area (Å²) < 4.78 is 0. The first-order valence-electron chi connectivity index (χ1n) is 5.52. The summed E-state index contributed by atoms with van der Waals surface area (Å²) >= 11 is 0. The fourth-order valence-corrected chi connectivity index (χ4v) is 1.55. The number of hydrogen-bond donors (Lipinski definition) is 1. The van der Waals surface area contributed by atoms with Crippen molar-refractivity contribution in [3.8, 4) is 0 Å². The van der Waals surface area contributed by atoms with Gasteiger partial charge in [-0.2, -0.15) is 0 Å². The maximum Gasteiger partial charge on any atom is 0.0459 e. The molecule has 0 spiro atoms. The average Bonchev–Trinajstić information content (AvgIpc) is 2.01. The summed E-state index contributed by atoms with van der Waals surface area (Å²) in [6.45, 7) is 11.7. The minimum atomic E-state index is 0.355. The summed E-state index contributed by atoms with van der Waals surface area (Å²) in [5, 5.41) is 9.17. The Kier molecular flexibility index (Phi) is 5.62. The molecule has 2 atom stereocenters. The number of rotatable bonds is 5. The van der Waals surface area contributed by atoms with Crippen LogP contribution in [0.15, 0.2) is 0 Å². The lowest BCUT2D eigenvalue weighted by molar-refractivity contribution is 0.152. The SMILES string of the molecule is CCCC(CO)CC(C)C(C)(C)C. The monoisotopic (exact) mass is 186 g/mol. The van der Waals surface area contributed by atoms with Crippen LogP contribution in [-0.2, 0) is 0 Å². The Morgan fingerprint density at radius 2 is 1.77 bits per heavy atom. The van der Waals surface area contributed by atoms with Crippen LogP contribution in [0.3, 0.4) is 0 Å². The molecule has 0 aliphatic carbocycles. The van der Waals surface area contributed by atoms with Crippen molar-refractivity contribution < 1.29 is 5.11 Å². The van der Waals surface area contributed by atoms with Gasteiger partial charge in [0.05, 0.1) is 0 Å². The first kappa shape index (κ1) is 13.0. The smallest absolute Gasteiger partial charge is 0.0459 e. The van der Waals surface area contributed by atoms with Gasteiger partial charge >= 0.3 is 0 Å². The molecule has 0 aromatic heterocycles. The lowest BCUT2D eigenvalue weighted by atomic mass is 9.76. The highest BCUT2D eigenvalue weighted by Gasteiger charge is 2.22. The summed E-state index contributed by atoms with van der Waals surface area (Å²) in [5.74, 6) is 1.20. The third-order valence-electron chi connectivity index (χ3n) is 3.12. The molecule has 0 heterocycles. The van der Waals surface area contributed by atoms with Crippen LogP contribution < -0.4 is 0 Å². The second-order valence-corrected chi connectivity index (χ2v) is 5.34. The molecule has 0 saturated carbocycles. The van der Waals surface area contributed by atoms with E-state index in [1.165, 1.54) is 6.42 Å². The Morgan fingerprint density at radius 3 is 2.08 bits per heavy atom. The van der Waals surface area contributed by atoms with Crippen LogP contribution in [0.1, 0.15) is 53.9 Å². The van der Waals surface area contributed by atoms with E-state index in [0.29, 0.717) is 23.9 Å². The van der Waals surface area contributed by atoms with Crippen molar-refractivity contribution >= 4 is 0 Å². The molecule has 0 rings (SSSR count). The first-order chi connectivity index (χ1) is 5.91. The van der Waals surface area contributed by atoms with Crippen LogP contribution >= 0.6 is 0 Å². The molecule has 13 heavy (non-hydrogen) atoms. The van der Waals surface area contributed by atoms with Crippen LogP contribution in [0, 0.1) is 17.3 Å². The molecule has 0 bridgehead atoms. The van der Waals surface area contributed by atoms with Crippen LogP contribution in [0.5, 0.6) is 0 Å². The molecule has 0 aliphatic rings. The Morgan fingerprint density at radius 1 is 1.23 bits per heavy atom. The van der Waals surface area contributed by atoms with Gasteiger partial charge in [0.2, 0.25) is 0 Å². The zero-order chi connectivity index (χ0) is 10.5. The Labute approximate surface area is 83.5 Å². The molecule has 2 unspecified atom stereocenters. The molecule has 0 fully saturated rings. The average molecular weight is 186 g/mol. The third-order valence-corrected chi connectivity index (χ3v) is 3.12. The first-order valence-corrected chi connectivity index (χ1v) is 5.52. The molecule has 0 radical (unpaired) electrons. The van der Waals surface area contributed by atoms with E-state index in [1.807, 2.05) is 0 Å². The predicted molar refractivity (Wildman–Crippen MR) is 58.7 cm³/mol. The van der Waals surface area contributed by atoms with E-state index in [0.717, 1.165) is 12.8 Å². The quantitative estimate of drug-likeness (QED) is 0.697. The van der Waals surface area contributed by atoms with Gasteiger partial charge in [0.25, 0.3) is 0 Å². The zero-order valence-electron chi connectivity index (χ0n) is 9.93. The molecular formula is C12H26O. The second kappa shape index (κ2) is 5.64. The van der Waals surface area contributed by atoms with Gasteiger partial charge in [-0.3, -0.25) is 0 Å². The minimum Gasteiger partial charge on any atom is -0.396 e. The summed E-state index contributed by atoms with van der Waals surface area (Å²) in [6.07, 6.45) is 3.51. The van der Waals surface area contributed by atoms with Gasteiger partial charge in [0.1, 0.15) is 0 Å². The topological polar surface area (TPSA) is 20.2 Å². The number of hydrogen-bond acceptors (Lipinski definition) is 1. The van der Waals surface area contributed by atoms with Crippen molar-refractivity contribution in [3.05, 3.63) is 0 Å². The lowest BCUT2D eigenvalue weighted by Gasteiger charge is -2.30. The molecule has 0 aromatic rings. The van der Waals surface area contributed by atoms with Crippen LogP contribution in [0.4, 0.5) is 0 Å². The molecule has 1 heteroatoms. The lowest BCUT2D eigenvalue weighted by Crippen LogP contribution is -2.21. The minimum absolute atomic E-state index is 0.355. The second-order valence-electron chi connectivity index (χ2n) is 5.34. The molecule has 0 saturated heterocycles. The van der Waals surface area contributed by atoms with Gasteiger partial charge in [0.15, 0.2) is 0 Å². The van der Waals surface area contributed by atoms with Crippen molar-refractivity contribution in [2.45, 2.75) is 53.9 Å². The number of aliphatic hydroxyl groups excluding tert-OH is 1. The van der Waals surface area contributed by atoms with E-state index in [-0.39, 0.29) is 0 Å². The highest BCUT2D eigenvalue weighted by Crippen LogP contribution is 2.31. The van der Waals surface area contributed by atoms with Crippen LogP contribution in [0.25, 0.3) is 0 Å². The van der Waals surface area contributed by atoms with Crippen LogP contribution in [0.2, 0.25) is 0 Å². The number of aliphatic hydroxyl groups is 1. The standard InChI is InChI=1S/C12H26O/c1-6-7-11(9-13)8-10(2)12(3,4)5/h10-11,13H,6-9H2,1-5H3. The normalized spacial score (nSPS) is 17.1. The summed E-state index contributed by atoms with van der Waals surface area (Å²) in [7, 11) is 0. The van der Waals surface area contributed by atoms with Crippen molar-refractivity contribution in [1.29, 1.82) is 0 Å². The van der Waals surface area contributed by atoms with Gasteiger partial charge in [-0.05, 0) is 30.1 Å². The maximum absolute atomic E-state index is 9.17. The summed E-state index contributed by atoms with van der Waals surface area (Å²) in [4.78, 5) is 0. The zero-order valence-corrected chi connectivity index (χ0v) is 9.93. The molecule has 0 aromatic carbocycles. The Bertz CT molecular complexity index is 124. The Balaban J connectivity index is 3.93. The molecular weight excluding hydrogens is 160 g/mol. The van der Waals surface area contributed by atoms with Crippen molar-refractivity contribution in [2.24, 2.45) is 17.3 Å². The van der Waals surface area contributed by atoms with Crippen molar-refractivity contribution in [3.63, 3.8) is 0 Å². The summed E-state index contributed by atoms with van der Waals surface area (Å²) in [6, 6.07) is 0. The highest BCUT2D eigenvalue weighted by molar-refractivity contribution is 4.73. The van der Waals surface area contributed by atoms with E-state index in [1.54, 1.807) is 0 Å². The molecule has 0 aliphatic heterocycles. The van der Waals surface area contributed by atoms with E-state index in [4.69, 9.17) is 0 Å². The van der Waals surface area contributed by atoms with Crippen molar-refractivity contribution in [2.75, 3.05) is 6.61 Å². The van der Waals surface area contributed by atoms with Gasteiger partial charge in [-0.15, -0.1) is 0 Å². The van der Waals surface area contributed by atoms with Gasteiger partial charge < -0.3 is 5.11 Å². The van der Waals surface area contributed by atoms with Gasteiger partial charge in [-0.1, -0.05) is 41.0 Å². The van der Waals surface area contributed by atoms with Gasteiger partial charge in [0, 0.05) is 6.61 Å². The molecule has 1 nitrogen and oxygen atoms in total. The fourth-order valence-electron chi connectivity index (χ4n) is 1.55.